The van der Waals surface area contributed by atoms with E-state index in [0.717, 1.165) is 11.3 Å². The van der Waals surface area contributed by atoms with E-state index < -0.39 is 0 Å². The van der Waals surface area contributed by atoms with Crippen molar-refractivity contribution in [3.05, 3.63) is 51.9 Å². The molecule has 6 heteroatoms. The van der Waals surface area contributed by atoms with Gasteiger partial charge in [-0.15, -0.1) is 0 Å². The average Bonchev–Trinajstić information content (AvgIpc) is 2.36. The Morgan fingerprint density at radius 1 is 1.42 bits per heavy atom. The second kappa shape index (κ2) is 5.63. The van der Waals surface area contributed by atoms with Gasteiger partial charge in [0.2, 0.25) is 0 Å². The van der Waals surface area contributed by atoms with E-state index >= 15 is 0 Å². The maximum atomic E-state index is 13.3. The van der Waals surface area contributed by atoms with Crippen molar-refractivity contribution >= 4 is 44.6 Å². The molecule has 0 aliphatic carbocycles. The Morgan fingerprint density at radius 2 is 2.16 bits per heavy atom. The predicted octanol–water partition coefficient (Wildman–Crippen LogP) is 3.67. The molecular formula is C13H11BrFN3S. The van der Waals surface area contributed by atoms with Crippen molar-refractivity contribution in [3.8, 4) is 0 Å². The fourth-order valence-electron chi connectivity index (χ4n) is 1.53. The number of nitrogens with zero attached hydrogens (tertiary/aromatic N) is 1. The fraction of sp³-hybridized carbons (Fsp3) is 0.0769. The van der Waals surface area contributed by atoms with Gasteiger partial charge in [0.1, 0.15) is 16.6 Å². The van der Waals surface area contributed by atoms with Crippen molar-refractivity contribution in [2.45, 2.75) is 6.92 Å². The molecule has 3 nitrogen and oxygen atoms in total. The van der Waals surface area contributed by atoms with Gasteiger partial charge in [-0.3, -0.25) is 0 Å². The normalized spacial score (nSPS) is 10.3. The lowest BCUT2D eigenvalue weighted by molar-refractivity contribution is 0.620. The lowest BCUT2D eigenvalue weighted by atomic mass is 10.2. The molecule has 1 heterocycles. The number of pyridine rings is 1. The van der Waals surface area contributed by atoms with Gasteiger partial charge in [0.25, 0.3) is 0 Å². The summed E-state index contributed by atoms with van der Waals surface area (Å²) in [5.41, 5.74) is 7.78. The zero-order chi connectivity index (χ0) is 14.0. The highest BCUT2D eigenvalue weighted by atomic mass is 79.9. The molecule has 2 rings (SSSR count). The van der Waals surface area contributed by atoms with Gasteiger partial charge < -0.3 is 11.1 Å². The second-order valence-electron chi connectivity index (χ2n) is 4.00. The van der Waals surface area contributed by atoms with Crippen molar-refractivity contribution < 1.29 is 4.39 Å². The molecule has 0 amide bonds. The quantitative estimate of drug-likeness (QED) is 0.837. The van der Waals surface area contributed by atoms with E-state index in [1.165, 1.54) is 6.07 Å². The third-order valence-electron chi connectivity index (χ3n) is 2.58. The summed E-state index contributed by atoms with van der Waals surface area (Å²) in [4.78, 5) is 4.51. The van der Waals surface area contributed by atoms with Crippen LogP contribution in [0.5, 0.6) is 0 Å². The monoisotopic (exact) mass is 339 g/mol. The topological polar surface area (TPSA) is 50.9 Å². The molecule has 2 aromatic rings. The predicted molar refractivity (Wildman–Crippen MR) is 82.2 cm³/mol. The number of aryl methyl sites for hydroxylation is 1. The maximum absolute atomic E-state index is 13.3. The van der Waals surface area contributed by atoms with Crippen LogP contribution in [0, 0.1) is 12.7 Å². The molecule has 0 spiro atoms. The van der Waals surface area contributed by atoms with E-state index in [-0.39, 0.29) is 5.82 Å². The van der Waals surface area contributed by atoms with Gasteiger partial charge in [0.15, 0.2) is 0 Å². The van der Waals surface area contributed by atoms with E-state index in [4.69, 9.17) is 18.0 Å². The molecule has 0 fully saturated rings. The summed E-state index contributed by atoms with van der Waals surface area (Å²) in [7, 11) is 0. The molecule has 0 saturated heterocycles. The Hall–Kier alpha value is -1.53. The third-order valence-corrected chi connectivity index (χ3v) is 3.42. The lowest BCUT2D eigenvalue weighted by Crippen LogP contribution is -2.09. The van der Waals surface area contributed by atoms with Crippen LogP contribution in [-0.2, 0) is 0 Å². The van der Waals surface area contributed by atoms with Gasteiger partial charge in [0, 0.05) is 17.4 Å². The van der Waals surface area contributed by atoms with E-state index in [1.807, 2.05) is 6.92 Å². The van der Waals surface area contributed by atoms with Gasteiger partial charge in [-0.05, 0) is 52.7 Å². The maximum Gasteiger partial charge on any atom is 0.137 e. The van der Waals surface area contributed by atoms with E-state index in [9.17, 15) is 4.39 Å². The summed E-state index contributed by atoms with van der Waals surface area (Å²) in [6, 6.07) is 6.68. The molecule has 0 radical (unpaired) electrons. The van der Waals surface area contributed by atoms with E-state index in [2.05, 4.69) is 26.2 Å². The summed E-state index contributed by atoms with van der Waals surface area (Å²) < 4.78 is 13.7. The van der Waals surface area contributed by atoms with Crippen LogP contribution in [0.2, 0.25) is 0 Å². The number of benzene rings is 1. The first kappa shape index (κ1) is 13.9. The number of aromatic nitrogens is 1. The first-order valence-electron chi connectivity index (χ1n) is 5.46. The van der Waals surface area contributed by atoms with Gasteiger partial charge in [0.05, 0.1) is 4.47 Å². The molecule has 19 heavy (non-hydrogen) atoms. The highest BCUT2D eigenvalue weighted by Crippen LogP contribution is 2.26. The van der Waals surface area contributed by atoms with Crippen LogP contribution < -0.4 is 11.1 Å². The van der Waals surface area contributed by atoms with Gasteiger partial charge >= 0.3 is 0 Å². The number of rotatable bonds is 3. The Bertz CT molecular complexity index is 629. The number of nitrogens with two attached hydrogens (primary N) is 1. The fourth-order valence-corrected chi connectivity index (χ4v) is 2.00. The van der Waals surface area contributed by atoms with Crippen LogP contribution in [0.4, 0.5) is 15.9 Å². The van der Waals surface area contributed by atoms with Crippen molar-refractivity contribution in [2.24, 2.45) is 5.73 Å². The summed E-state index contributed by atoms with van der Waals surface area (Å²) >= 11 is 8.01. The molecule has 0 aliphatic rings. The average molecular weight is 340 g/mol. The molecule has 0 saturated carbocycles. The summed E-state index contributed by atoms with van der Waals surface area (Å²) in [6.07, 6.45) is 1.60. The molecular weight excluding hydrogens is 329 g/mol. The highest BCUT2D eigenvalue weighted by molar-refractivity contribution is 9.10. The summed E-state index contributed by atoms with van der Waals surface area (Å²) in [5.74, 6) is 0.349. The summed E-state index contributed by atoms with van der Waals surface area (Å²) in [6.45, 7) is 1.82. The largest absolute Gasteiger partial charge is 0.389 e. The minimum absolute atomic E-state index is 0.292. The number of anilines is 2. The Balaban J connectivity index is 2.26. The molecule has 3 N–H and O–H groups in total. The Kier molecular flexibility index (Phi) is 4.11. The first-order valence-corrected chi connectivity index (χ1v) is 6.66. The van der Waals surface area contributed by atoms with E-state index in [0.29, 0.717) is 20.8 Å². The standard InChI is InChI=1S/C13H11BrFN3S/c1-7-4-10(15)9(14)5-11(7)18-12-3-2-8(6-17-12)13(16)19/h2-6H,1H3,(H2,16,19)(H,17,18). The molecule has 0 aliphatic heterocycles. The minimum Gasteiger partial charge on any atom is -0.389 e. The van der Waals surface area contributed by atoms with Crippen molar-refractivity contribution in [2.75, 3.05) is 5.32 Å². The van der Waals surface area contributed by atoms with Crippen molar-refractivity contribution in [1.82, 2.24) is 4.98 Å². The molecule has 0 atom stereocenters. The number of nitrogens with one attached hydrogen (secondary N) is 1. The minimum atomic E-state index is -0.292. The third kappa shape index (κ3) is 3.27. The van der Waals surface area contributed by atoms with Crippen molar-refractivity contribution in [1.29, 1.82) is 0 Å². The van der Waals surface area contributed by atoms with Crippen LogP contribution in [0.3, 0.4) is 0 Å². The highest BCUT2D eigenvalue weighted by Gasteiger charge is 2.06. The van der Waals surface area contributed by atoms with Crippen molar-refractivity contribution in [3.63, 3.8) is 0 Å². The number of halogens is 2. The smallest absolute Gasteiger partial charge is 0.137 e. The van der Waals surface area contributed by atoms with Gasteiger partial charge in [-0.1, -0.05) is 12.2 Å². The number of hydrogen-bond donors (Lipinski definition) is 2. The molecule has 0 unspecified atom stereocenters. The van der Waals surface area contributed by atoms with Crippen LogP contribution in [0.25, 0.3) is 0 Å². The van der Waals surface area contributed by atoms with Crippen LogP contribution >= 0.6 is 28.1 Å². The SMILES string of the molecule is Cc1cc(F)c(Br)cc1Nc1ccc(C(N)=S)cn1. The number of thiocarbonyl (C=S) groups is 1. The zero-order valence-corrected chi connectivity index (χ0v) is 12.5. The Morgan fingerprint density at radius 3 is 2.74 bits per heavy atom. The molecule has 98 valence electrons. The molecule has 1 aromatic heterocycles. The van der Waals surface area contributed by atoms with Crippen LogP contribution in [0.15, 0.2) is 34.9 Å². The number of hydrogen-bond acceptors (Lipinski definition) is 3. The zero-order valence-electron chi connectivity index (χ0n) is 10.1. The van der Waals surface area contributed by atoms with E-state index in [1.54, 1.807) is 24.4 Å². The summed E-state index contributed by atoms with van der Waals surface area (Å²) in [5, 5.41) is 3.11. The van der Waals surface area contributed by atoms with Gasteiger partial charge in [-0.25, -0.2) is 9.37 Å². The van der Waals surface area contributed by atoms with Crippen LogP contribution in [0.1, 0.15) is 11.1 Å². The lowest BCUT2D eigenvalue weighted by Gasteiger charge is -2.10. The first-order chi connectivity index (χ1) is 8.97. The molecule has 0 bridgehead atoms. The molecule has 1 aromatic carbocycles. The Labute approximate surface area is 124 Å². The second-order valence-corrected chi connectivity index (χ2v) is 5.30. The van der Waals surface area contributed by atoms with Crippen LogP contribution in [-0.4, -0.2) is 9.97 Å². The van der Waals surface area contributed by atoms with Gasteiger partial charge in [-0.2, -0.15) is 0 Å².